The fraction of sp³-hybridized carbons (Fsp3) is 0.500. The van der Waals surface area contributed by atoms with Crippen molar-refractivity contribution in [1.29, 1.82) is 0 Å². The van der Waals surface area contributed by atoms with Gasteiger partial charge in [-0.2, -0.15) is 0 Å². The maximum atomic E-state index is 11.6. The standard InChI is InChI=1S/C16H25N3O3/c1-4-5-6-7-12-17-16(21)22-14-10-8-13(9-11-14)18-15(20)19(2)3/h8-11H,4-7,12H2,1-3H3,(H,17,21)(H,18,20). The zero-order valence-corrected chi connectivity index (χ0v) is 13.5. The van der Waals surface area contributed by atoms with E-state index in [1.165, 1.54) is 17.7 Å². The summed E-state index contributed by atoms with van der Waals surface area (Å²) in [5.74, 6) is 0.439. The Morgan fingerprint density at radius 1 is 1.09 bits per heavy atom. The van der Waals surface area contributed by atoms with Crippen LogP contribution < -0.4 is 15.4 Å². The SMILES string of the molecule is CCCCCCNC(=O)Oc1ccc(NC(=O)N(C)C)cc1. The first-order valence-electron chi connectivity index (χ1n) is 7.57. The van der Waals surface area contributed by atoms with Crippen LogP contribution in [0.15, 0.2) is 24.3 Å². The molecule has 0 saturated heterocycles. The van der Waals surface area contributed by atoms with Gasteiger partial charge in [-0.05, 0) is 30.7 Å². The number of unbranched alkanes of at least 4 members (excludes halogenated alkanes) is 3. The molecule has 1 aromatic carbocycles. The van der Waals surface area contributed by atoms with E-state index in [0.717, 1.165) is 12.8 Å². The van der Waals surface area contributed by atoms with Gasteiger partial charge in [-0.25, -0.2) is 9.59 Å². The van der Waals surface area contributed by atoms with Gasteiger partial charge in [0.15, 0.2) is 0 Å². The summed E-state index contributed by atoms with van der Waals surface area (Å²) in [5.41, 5.74) is 0.644. The molecule has 0 unspecified atom stereocenters. The lowest BCUT2D eigenvalue weighted by Crippen LogP contribution is -2.28. The van der Waals surface area contributed by atoms with Crippen LogP contribution in [0.2, 0.25) is 0 Å². The molecule has 0 bridgehead atoms. The van der Waals surface area contributed by atoms with Crippen molar-refractivity contribution in [2.45, 2.75) is 32.6 Å². The zero-order chi connectivity index (χ0) is 16.4. The highest BCUT2D eigenvalue weighted by Crippen LogP contribution is 2.16. The van der Waals surface area contributed by atoms with E-state index in [0.29, 0.717) is 18.0 Å². The quantitative estimate of drug-likeness (QED) is 0.758. The van der Waals surface area contributed by atoms with E-state index in [1.807, 2.05) is 0 Å². The Balaban J connectivity index is 2.34. The van der Waals surface area contributed by atoms with Crippen molar-refractivity contribution in [3.63, 3.8) is 0 Å². The minimum absolute atomic E-state index is 0.210. The summed E-state index contributed by atoms with van der Waals surface area (Å²) < 4.78 is 5.16. The number of nitrogens with one attached hydrogen (secondary N) is 2. The van der Waals surface area contributed by atoms with E-state index in [-0.39, 0.29) is 6.03 Å². The van der Waals surface area contributed by atoms with Gasteiger partial charge in [-0.15, -0.1) is 0 Å². The fourth-order valence-electron chi connectivity index (χ4n) is 1.73. The molecule has 0 fully saturated rings. The second kappa shape index (κ2) is 9.65. The highest BCUT2D eigenvalue weighted by molar-refractivity contribution is 5.89. The summed E-state index contributed by atoms with van der Waals surface area (Å²) in [5, 5.41) is 5.42. The lowest BCUT2D eigenvalue weighted by molar-refractivity contribution is 0.200. The summed E-state index contributed by atoms with van der Waals surface area (Å²) in [6.45, 7) is 2.77. The lowest BCUT2D eigenvalue weighted by Gasteiger charge is -2.12. The van der Waals surface area contributed by atoms with E-state index in [1.54, 1.807) is 38.4 Å². The third kappa shape index (κ3) is 6.97. The zero-order valence-electron chi connectivity index (χ0n) is 13.5. The van der Waals surface area contributed by atoms with Gasteiger partial charge >= 0.3 is 12.1 Å². The van der Waals surface area contributed by atoms with Gasteiger partial charge in [0.2, 0.25) is 0 Å². The van der Waals surface area contributed by atoms with Crippen LogP contribution in [0.1, 0.15) is 32.6 Å². The van der Waals surface area contributed by atoms with Crippen LogP contribution in [-0.4, -0.2) is 37.7 Å². The van der Waals surface area contributed by atoms with Crippen molar-refractivity contribution in [1.82, 2.24) is 10.2 Å². The smallest absolute Gasteiger partial charge is 0.410 e. The number of hydrogen-bond donors (Lipinski definition) is 2. The Morgan fingerprint density at radius 3 is 2.36 bits per heavy atom. The predicted octanol–water partition coefficient (Wildman–Crippen LogP) is 3.45. The maximum Gasteiger partial charge on any atom is 0.412 e. The maximum absolute atomic E-state index is 11.6. The Morgan fingerprint density at radius 2 is 1.77 bits per heavy atom. The second-order valence-corrected chi connectivity index (χ2v) is 5.23. The van der Waals surface area contributed by atoms with Gasteiger partial charge in [-0.1, -0.05) is 26.2 Å². The Kier molecular flexibility index (Phi) is 7.81. The predicted molar refractivity (Wildman–Crippen MR) is 87.3 cm³/mol. The van der Waals surface area contributed by atoms with Crippen LogP contribution in [0.25, 0.3) is 0 Å². The monoisotopic (exact) mass is 307 g/mol. The third-order valence-electron chi connectivity index (χ3n) is 3.02. The molecule has 22 heavy (non-hydrogen) atoms. The summed E-state index contributed by atoms with van der Waals surface area (Å²) in [6.07, 6.45) is 3.95. The molecule has 2 N–H and O–H groups in total. The number of rotatable bonds is 7. The van der Waals surface area contributed by atoms with E-state index < -0.39 is 6.09 Å². The van der Waals surface area contributed by atoms with E-state index in [4.69, 9.17) is 4.74 Å². The third-order valence-corrected chi connectivity index (χ3v) is 3.02. The minimum atomic E-state index is -0.457. The van der Waals surface area contributed by atoms with Gasteiger partial charge in [0.25, 0.3) is 0 Å². The van der Waals surface area contributed by atoms with Gasteiger partial charge in [0.05, 0.1) is 0 Å². The average molecular weight is 307 g/mol. The normalized spacial score (nSPS) is 9.95. The van der Waals surface area contributed by atoms with Gasteiger partial charge < -0.3 is 20.3 Å². The molecule has 0 atom stereocenters. The summed E-state index contributed by atoms with van der Waals surface area (Å²) in [4.78, 5) is 24.5. The number of hydrogen-bond acceptors (Lipinski definition) is 3. The Bertz CT molecular complexity index is 472. The highest BCUT2D eigenvalue weighted by Gasteiger charge is 2.06. The largest absolute Gasteiger partial charge is 0.412 e. The minimum Gasteiger partial charge on any atom is -0.410 e. The van der Waals surface area contributed by atoms with Crippen molar-refractivity contribution < 1.29 is 14.3 Å². The van der Waals surface area contributed by atoms with Gasteiger partial charge in [0, 0.05) is 26.3 Å². The van der Waals surface area contributed by atoms with Gasteiger partial charge in [0.1, 0.15) is 5.75 Å². The molecule has 0 radical (unpaired) electrons. The molecule has 0 aliphatic heterocycles. The summed E-state index contributed by atoms with van der Waals surface area (Å²) in [7, 11) is 3.33. The molecule has 0 aliphatic rings. The highest BCUT2D eigenvalue weighted by atomic mass is 16.6. The molecular weight excluding hydrogens is 282 g/mol. The first-order valence-corrected chi connectivity index (χ1v) is 7.57. The number of ether oxygens (including phenoxy) is 1. The van der Waals surface area contributed by atoms with Gasteiger partial charge in [-0.3, -0.25) is 0 Å². The van der Waals surface area contributed by atoms with Crippen molar-refractivity contribution in [3.8, 4) is 5.75 Å². The number of carbonyl (C=O) groups is 2. The number of nitrogens with zero attached hydrogens (tertiary/aromatic N) is 1. The number of carbonyl (C=O) groups excluding carboxylic acids is 2. The van der Waals surface area contributed by atoms with Crippen molar-refractivity contribution in [2.75, 3.05) is 26.0 Å². The number of benzene rings is 1. The second-order valence-electron chi connectivity index (χ2n) is 5.23. The molecular formula is C16H25N3O3. The molecule has 122 valence electrons. The first-order chi connectivity index (χ1) is 10.5. The molecule has 6 nitrogen and oxygen atoms in total. The Labute approximate surface area is 131 Å². The van der Waals surface area contributed by atoms with Crippen molar-refractivity contribution in [3.05, 3.63) is 24.3 Å². The molecule has 1 aromatic rings. The van der Waals surface area contributed by atoms with Crippen LogP contribution in [0.4, 0.5) is 15.3 Å². The van der Waals surface area contributed by atoms with Crippen molar-refractivity contribution in [2.24, 2.45) is 0 Å². The van der Waals surface area contributed by atoms with E-state index in [2.05, 4.69) is 17.6 Å². The molecule has 0 aliphatic carbocycles. The molecule has 0 heterocycles. The molecule has 6 heteroatoms. The molecule has 3 amide bonds. The molecule has 0 aromatic heterocycles. The lowest BCUT2D eigenvalue weighted by atomic mass is 10.2. The molecule has 0 spiro atoms. The molecule has 1 rings (SSSR count). The van der Waals surface area contributed by atoms with Crippen LogP contribution >= 0.6 is 0 Å². The number of urea groups is 1. The van der Waals surface area contributed by atoms with Crippen LogP contribution in [0.5, 0.6) is 5.75 Å². The Hall–Kier alpha value is -2.24. The van der Waals surface area contributed by atoms with Crippen LogP contribution in [0.3, 0.4) is 0 Å². The number of anilines is 1. The topological polar surface area (TPSA) is 70.7 Å². The molecule has 0 saturated carbocycles. The number of amides is 3. The van der Waals surface area contributed by atoms with Crippen LogP contribution in [-0.2, 0) is 0 Å². The summed E-state index contributed by atoms with van der Waals surface area (Å²) >= 11 is 0. The first kappa shape index (κ1) is 17.8. The summed E-state index contributed by atoms with van der Waals surface area (Å²) in [6, 6.07) is 6.44. The fourth-order valence-corrected chi connectivity index (χ4v) is 1.73. The average Bonchev–Trinajstić information content (AvgIpc) is 2.49. The van der Waals surface area contributed by atoms with E-state index >= 15 is 0 Å². The van der Waals surface area contributed by atoms with Crippen LogP contribution in [0, 0.1) is 0 Å². The van der Waals surface area contributed by atoms with Crippen molar-refractivity contribution >= 4 is 17.8 Å². The van der Waals surface area contributed by atoms with E-state index in [9.17, 15) is 9.59 Å².